The number of hydrogen-bond acceptors (Lipinski definition) is 1. The van der Waals surface area contributed by atoms with Gasteiger partial charge in [-0.25, -0.2) is 30.7 Å². The van der Waals surface area contributed by atoms with Crippen molar-refractivity contribution in [3.05, 3.63) is 148 Å². The number of ether oxygens (including phenoxy) is 1. The first-order valence-electron chi connectivity index (χ1n) is 14.8. The standard InChI is InChI=1S/C38H25F9O/c1-2-3-4-5-22-6-9-24(10-7-22)26-14-15-29(31(40)18-26)27-13-12-25(30(39)19-27)11-8-23-16-32(41)36(33(42)17-23)38(46,47)48-28-20-34(43)37(45)35(44)21-28/h6-7,9-10,12-21H,2-5H2,1H3. The second-order valence-corrected chi connectivity index (χ2v) is 10.9. The molecule has 0 radical (unpaired) electrons. The van der Waals surface area contributed by atoms with E-state index in [-0.39, 0.29) is 28.8 Å². The molecule has 0 amide bonds. The zero-order valence-electron chi connectivity index (χ0n) is 25.2. The van der Waals surface area contributed by atoms with Crippen molar-refractivity contribution in [2.24, 2.45) is 0 Å². The van der Waals surface area contributed by atoms with Crippen molar-refractivity contribution >= 4 is 0 Å². The third-order valence-corrected chi connectivity index (χ3v) is 7.48. The molecule has 0 fully saturated rings. The average molecular weight is 669 g/mol. The molecule has 0 unspecified atom stereocenters. The van der Waals surface area contributed by atoms with Gasteiger partial charge in [0, 0.05) is 23.3 Å². The summed E-state index contributed by atoms with van der Waals surface area (Å²) in [4.78, 5) is 0. The topological polar surface area (TPSA) is 9.23 Å². The van der Waals surface area contributed by atoms with Crippen LogP contribution >= 0.6 is 0 Å². The summed E-state index contributed by atoms with van der Waals surface area (Å²) in [6.45, 7) is 2.14. The summed E-state index contributed by atoms with van der Waals surface area (Å²) in [5.41, 5.74) is 0.417. The highest BCUT2D eigenvalue weighted by Gasteiger charge is 2.41. The fourth-order valence-electron chi connectivity index (χ4n) is 5.01. The predicted molar refractivity (Wildman–Crippen MR) is 164 cm³/mol. The van der Waals surface area contributed by atoms with E-state index in [0.29, 0.717) is 17.7 Å². The minimum absolute atomic E-state index is 0.0834. The summed E-state index contributed by atoms with van der Waals surface area (Å²) in [7, 11) is 0. The SMILES string of the molecule is CCCCCc1ccc(-c2ccc(-c3ccc(C#Cc4cc(F)c(C(F)(F)Oc5cc(F)c(F)c(F)c5)c(F)c4)c(F)c3)c(F)c2)cc1. The normalized spacial score (nSPS) is 11.3. The van der Waals surface area contributed by atoms with Crippen LogP contribution in [0, 0.1) is 52.6 Å². The Hall–Kier alpha value is -5.17. The van der Waals surface area contributed by atoms with Crippen LogP contribution in [-0.4, -0.2) is 0 Å². The Bertz CT molecular complexity index is 1980. The summed E-state index contributed by atoms with van der Waals surface area (Å²) in [6.07, 6.45) is -0.432. The van der Waals surface area contributed by atoms with Gasteiger partial charge in [0.25, 0.3) is 0 Å². The summed E-state index contributed by atoms with van der Waals surface area (Å²) in [6, 6.07) is 17.1. The van der Waals surface area contributed by atoms with E-state index in [2.05, 4.69) is 23.5 Å². The van der Waals surface area contributed by atoms with Crippen LogP contribution in [0.4, 0.5) is 39.5 Å². The molecule has 246 valence electrons. The Labute approximate surface area is 270 Å². The molecule has 0 bridgehead atoms. The minimum Gasteiger partial charge on any atom is -0.429 e. The van der Waals surface area contributed by atoms with Crippen LogP contribution in [0.1, 0.15) is 48.4 Å². The van der Waals surface area contributed by atoms with Crippen molar-refractivity contribution in [2.45, 2.75) is 38.7 Å². The van der Waals surface area contributed by atoms with Crippen molar-refractivity contribution in [3.63, 3.8) is 0 Å². The lowest BCUT2D eigenvalue weighted by atomic mass is 9.97. The Kier molecular flexibility index (Phi) is 10.2. The van der Waals surface area contributed by atoms with Gasteiger partial charge in [-0.3, -0.25) is 0 Å². The molecule has 0 aliphatic heterocycles. The summed E-state index contributed by atoms with van der Waals surface area (Å²) in [5.74, 6) is -7.38. The molecule has 5 aromatic carbocycles. The Morgan fingerprint density at radius 1 is 0.583 bits per heavy atom. The molecular weight excluding hydrogens is 643 g/mol. The second-order valence-electron chi connectivity index (χ2n) is 10.9. The van der Waals surface area contributed by atoms with Crippen LogP contribution in [0.15, 0.2) is 84.9 Å². The summed E-state index contributed by atoms with van der Waals surface area (Å²) in [5, 5.41) is 0. The first-order valence-corrected chi connectivity index (χ1v) is 14.8. The molecule has 1 nitrogen and oxygen atoms in total. The molecule has 48 heavy (non-hydrogen) atoms. The van der Waals surface area contributed by atoms with Crippen LogP contribution in [0.3, 0.4) is 0 Å². The van der Waals surface area contributed by atoms with E-state index in [9.17, 15) is 35.1 Å². The van der Waals surface area contributed by atoms with Gasteiger partial charge < -0.3 is 4.74 Å². The number of hydrogen-bond donors (Lipinski definition) is 0. The van der Waals surface area contributed by atoms with Crippen LogP contribution in [0.5, 0.6) is 5.75 Å². The molecule has 0 aliphatic rings. The second kappa shape index (κ2) is 14.3. The molecule has 0 aliphatic carbocycles. The number of rotatable bonds is 9. The fourth-order valence-corrected chi connectivity index (χ4v) is 5.01. The lowest BCUT2D eigenvalue weighted by molar-refractivity contribution is -0.189. The maximum atomic E-state index is 15.1. The highest BCUT2D eigenvalue weighted by molar-refractivity contribution is 5.71. The molecule has 0 aromatic heterocycles. The van der Waals surface area contributed by atoms with E-state index in [0.717, 1.165) is 37.3 Å². The average Bonchev–Trinajstić information content (AvgIpc) is 3.03. The zero-order valence-corrected chi connectivity index (χ0v) is 25.2. The van der Waals surface area contributed by atoms with Gasteiger partial charge in [0.15, 0.2) is 17.5 Å². The molecule has 0 saturated heterocycles. The van der Waals surface area contributed by atoms with Crippen LogP contribution in [-0.2, 0) is 12.5 Å². The zero-order chi connectivity index (χ0) is 34.6. The first kappa shape index (κ1) is 34.2. The molecule has 0 atom stereocenters. The van der Waals surface area contributed by atoms with E-state index in [1.165, 1.54) is 29.8 Å². The lowest BCUT2D eigenvalue weighted by Crippen LogP contribution is -2.25. The minimum atomic E-state index is -4.77. The van der Waals surface area contributed by atoms with Gasteiger partial charge in [0.1, 0.15) is 34.6 Å². The molecule has 0 spiro atoms. The van der Waals surface area contributed by atoms with Crippen molar-refractivity contribution in [2.75, 3.05) is 0 Å². The van der Waals surface area contributed by atoms with Crippen molar-refractivity contribution in [1.82, 2.24) is 0 Å². The van der Waals surface area contributed by atoms with E-state index in [1.54, 1.807) is 6.07 Å². The van der Waals surface area contributed by atoms with Gasteiger partial charge in [-0.05, 0) is 65.4 Å². The molecule has 10 heteroatoms. The Balaban J connectivity index is 1.32. The number of alkyl halides is 2. The third-order valence-electron chi connectivity index (χ3n) is 7.48. The number of halogens is 9. The largest absolute Gasteiger partial charge is 0.432 e. The molecular formula is C38H25F9O. The van der Waals surface area contributed by atoms with Crippen LogP contribution < -0.4 is 4.74 Å². The maximum Gasteiger partial charge on any atom is 0.432 e. The van der Waals surface area contributed by atoms with Crippen molar-refractivity contribution in [1.29, 1.82) is 0 Å². The Morgan fingerprint density at radius 3 is 1.79 bits per heavy atom. The van der Waals surface area contributed by atoms with Gasteiger partial charge in [-0.15, -0.1) is 0 Å². The molecule has 5 aromatic rings. The first-order chi connectivity index (χ1) is 22.9. The van der Waals surface area contributed by atoms with Crippen molar-refractivity contribution < 1.29 is 44.3 Å². The monoisotopic (exact) mass is 668 g/mol. The van der Waals surface area contributed by atoms with Crippen molar-refractivity contribution in [3.8, 4) is 39.8 Å². The number of unbranched alkanes of at least 4 members (excludes halogenated alkanes) is 2. The predicted octanol–water partition coefficient (Wildman–Crippen LogP) is 11.3. The van der Waals surface area contributed by atoms with Gasteiger partial charge in [0.2, 0.25) is 0 Å². The van der Waals surface area contributed by atoms with Gasteiger partial charge in [-0.1, -0.05) is 74.1 Å². The lowest BCUT2D eigenvalue weighted by Gasteiger charge is -2.19. The van der Waals surface area contributed by atoms with Gasteiger partial charge in [-0.2, -0.15) is 8.78 Å². The summed E-state index contributed by atoms with van der Waals surface area (Å²) >= 11 is 0. The Morgan fingerprint density at radius 2 is 1.19 bits per heavy atom. The smallest absolute Gasteiger partial charge is 0.429 e. The number of benzene rings is 5. The van der Waals surface area contributed by atoms with Gasteiger partial charge >= 0.3 is 6.11 Å². The highest BCUT2D eigenvalue weighted by atomic mass is 19.3. The number of aryl methyl sites for hydroxylation is 1. The van der Waals surface area contributed by atoms with Gasteiger partial charge in [0.05, 0.1) is 5.56 Å². The fraction of sp³-hybridized carbons (Fsp3) is 0.158. The van der Waals surface area contributed by atoms with E-state index in [1.807, 2.05) is 24.3 Å². The van der Waals surface area contributed by atoms with E-state index >= 15 is 4.39 Å². The quantitative estimate of drug-likeness (QED) is 0.0658. The molecule has 5 rings (SSSR count). The molecule has 0 N–H and O–H groups in total. The molecule has 0 saturated carbocycles. The molecule has 0 heterocycles. The van der Waals surface area contributed by atoms with Crippen LogP contribution in [0.25, 0.3) is 22.3 Å². The van der Waals surface area contributed by atoms with E-state index in [4.69, 9.17) is 0 Å². The highest BCUT2D eigenvalue weighted by Crippen LogP contribution is 2.36. The summed E-state index contributed by atoms with van der Waals surface area (Å²) < 4.78 is 133. The van der Waals surface area contributed by atoms with E-state index < -0.39 is 63.7 Å². The van der Waals surface area contributed by atoms with Crippen LogP contribution in [0.2, 0.25) is 0 Å². The third kappa shape index (κ3) is 7.68. The maximum absolute atomic E-state index is 15.1.